The first kappa shape index (κ1) is 18.6. The minimum absolute atomic E-state index is 0.0492. The van der Waals surface area contributed by atoms with Crippen LogP contribution in [0.15, 0.2) is 24.3 Å². The molecule has 0 aromatic heterocycles. The van der Waals surface area contributed by atoms with Gasteiger partial charge in [0, 0.05) is 12.1 Å². The van der Waals surface area contributed by atoms with Crippen LogP contribution in [0, 0.1) is 0 Å². The first-order valence-electron chi connectivity index (χ1n) is 11.1. The van der Waals surface area contributed by atoms with Crippen molar-refractivity contribution < 1.29 is 19.1 Å². The van der Waals surface area contributed by atoms with E-state index in [1.165, 1.54) is 4.90 Å². The molecule has 0 bridgehead atoms. The van der Waals surface area contributed by atoms with Crippen molar-refractivity contribution in [3.05, 3.63) is 29.8 Å². The Bertz CT molecular complexity index is 841. The smallest absolute Gasteiger partial charge is 0.330 e. The fraction of sp³-hybridized carbons (Fsp3) is 0.609. The average Bonchev–Trinajstić information content (AvgIpc) is 2.95. The normalized spacial score (nSPS) is 28.8. The lowest BCUT2D eigenvalue weighted by Crippen LogP contribution is -2.60. The van der Waals surface area contributed by atoms with Gasteiger partial charge in [0.2, 0.25) is 0 Å². The lowest BCUT2D eigenvalue weighted by molar-refractivity contribution is -0.153. The highest BCUT2D eigenvalue weighted by molar-refractivity contribution is 6.12. The molecule has 1 spiro atoms. The molecule has 154 valence electrons. The van der Waals surface area contributed by atoms with E-state index in [0.717, 1.165) is 64.2 Å². The number of imide groups is 1. The summed E-state index contributed by atoms with van der Waals surface area (Å²) in [5, 5.41) is 0. The van der Waals surface area contributed by atoms with Gasteiger partial charge >= 0.3 is 6.03 Å². The van der Waals surface area contributed by atoms with Crippen molar-refractivity contribution in [3.63, 3.8) is 0 Å². The zero-order valence-corrected chi connectivity index (χ0v) is 16.8. The van der Waals surface area contributed by atoms with E-state index in [4.69, 9.17) is 4.74 Å². The number of urea groups is 1. The Labute approximate surface area is 171 Å². The Morgan fingerprint density at radius 1 is 0.828 bits per heavy atom. The number of benzene rings is 1. The van der Waals surface area contributed by atoms with E-state index in [-0.39, 0.29) is 36.2 Å². The molecule has 4 aliphatic rings. The molecule has 3 amide bonds. The summed E-state index contributed by atoms with van der Waals surface area (Å²) in [7, 11) is 0. The predicted molar refractivity (Wildman–Crippen MR) is 107 cm³/mol. The van der Waals surface area contributed by atoms with Gasteiger partial charge < -0.3 is 4.74 Å². The van der Waals surface area contributed by atoms with Gasteiger partial charge in [0.05, 0.1) is 12.0 Å². The Morgan fingerprint density at radius 2 is 1.45 bits per heavy atom. The Morgan fingerprint density at radius 3 is 2.14 bits per heavy atom. The maximum atomic E-state index is 13.8. The fourth-order valence-electron chi connectivity index (χ4n) is 5.67. The van der Waals surface area contributed by atoms with Crippen LogP contribution in [-0.4, -0.2) is 45.3 Å². The highest BCUT2D eigenvalue weighted by atomic mass is 16.5. The van der Waals surface area contributed by atoms with E-state index in [1.807, 2.05) is 0 Å². The van der Waals surface area contributed by atoms with Crippen molar-refractivity contribution in [3.8, 4) is 5.75 Å². The van der Waals surface area contributed by atoms with Gasteiger partial charge in [-0.1, -0.05) is 50.7 Å². The molecule has 1 aromatic rings. The second-order valence-electron chi connectivity index (χ2n) is 8.89. The first-order chi connectivity index (χ1) is 14.1. The van der Waals surface area contributed by atoms with Crippen molar-refractivity contribution in [1.82, 2.24) is 9.80 Å². The number of para-hydroxylation sites is 1. The standard InChI is InChI=1S/C23H28N2O4/c26-19-15-23(29-20-14-8-7-13-18(19)20)21(27)24(16-9-3-1-4-10-16)22(28)25(23)17-11-5-2-6-12-17/h7-8,13-14,16-17H,1-6,9-12,15H2/t23-/m0/s1. The molecule has 0 N–H and O–H groups in total. The maximum absolute atomic E-state index is 13.8. The van der Waals surface area contributed by atoms with E-state index in [2.05, 4.69) is 0 Å². The van der Waals surface area contributed by atoms with Crippen molar-refractivity contribution in [1.29, 1.82) is 0 Å². The number of hydrogen-bond donors (Lipinski definition) is 0. The Kier molecular flexibility index (Phi) is 4.60. The van der Waals surface area contributed by atoms with E-state index < -0.39 is 5.72 Å². The van der Waals surface area contributed by atoms with Gasteiger partial charge in [0.15, 0.2) is 5.78 Å². The maximum Gasteiger partial charge on any atom is 0.330 e. The monoisotopic (exact) mass is 396 g/mol. The zero-order valence-electron chi connectivity index (χ0n) is 16.8. The molecule has 2 saturated carbocycles. The molecule has 3 fully saturated rings. The third-order valence-corrected chi connectivity index (χ3v) is 7.10. The van der Waals surface area contributed by atoms with Crippen LogP contribution < -0.4 is 4.74 Å². The predicted octanol–water partition coefficient (Wildman–Crippen LogP) is 4.28. The molecule has 5 rings (SSSR count). The third-order valence-electron chi connectivity index (χ3n) is 7.10. The third kappa shape index (κ3) is 2.87. The van der Waals surface area contributed by atoms with E-state index in [9.17, 15) is 14.4 Å². The van der Waals surface area contributed by atoms with Crippen LogP contribution in [0.4, 0.5) is 4.79 Å². The van der Waals surface area contributed by atoms with Crippen LogP contribution in [0.5, 0.6) is 5.75 Å². The summed E-state index contributed by atoms with van der Waals surface area (Å²) in [6, 6.07) is 6.69. The molecule has 0 unspecified atom stereocenters. The van der Waals surface area contributed by atoms with E-state index in [1.54, 1.807) is 29.2 Å². The van der Waals surface area contributed by atoms with Crippen LogP contribution in [0.3, 0.4) is 0 Å². The van der Waals surface area contributed by atoms with Crippen LogP contribution >= 0.6 is 0 Å². The van der Waals surface area contributed by atoms with Crippen LogP contribution in [0.2, 0.25) is 0 Å². The number of ether oxygens (including phenoxy) is 1. The van der Waals surface area contributed by atoms with Gasteiger partial charge in [-0.2, -0.15) is 0 Å². The largest absolute Gasteiger partial charge is 0.457 e. The molecule has 2 heterocycles. The van der Waals surface area contributed by atoms with Gasteiger partial charge in [-0.15, -0.1) is 0 Å². The van der Waals surface area contributed by atoms with Crippen molar-refractivity contribution in [2.75, 3.05) is 0 Å². The fourth-order valence-corrected chi connectivity index (χ4v) is 5.67. The number of fused-ring (bicyclic) bond motifs is 1. The summed E-state index contributed by atoms with van der Waals surface area (Å²) in [4.78, 5) is 43.6. The lowest BCUT2D eigenvalue weighted by Gasteiger charge is -2.43. The Balaban J connectivity index is 1.58. The van der Waals surface area contributed by atoms with Crippen LogP contribution in [-0.2, 0) is 4.79 Å². The summed E-state index contributed by atoms with van der Waals surface area (Å²) in [5.74, 6) is -0.0432. The van der Waals surface area contributed by atoms with Gasteiger partial charge in [0.25, 0.3) is 11.6 Å². The SMILES string of the molecule is O=C1C[C@]2(Oc3ccccc31)C(=O)N(C1CCCCC1)C(=O)N2C1CCCCC1. The number of hydrogen-bond acceptors (Lipinski definition) is 4. The second-order valence-corrected chi connectivity index (χ2v) is 8.89. The topological polar surface area (TPSA) is 66.9 Å². The quantitative estimate of drug-likeness (QED) is 0.700. The summed E-state index contributed by atoms with van der Waals surface area (Å²) < 4.78 is 6.31. The van der Waals surface area contributed by atoms with Crippen LogP contribution in [0.1, 0.15) is 81.0 Å². The molecule has 0 radical (unpaired) electrons. The summed E-state index contributed by atoms with van der Waals surface area (Å²) in [5.41, 5.74) is -1.01. The van der Waals surface area contributed by atoms with Crippen LogP contribution in [0.25, 0.3) is 0 Å². The molecule has 2 aliphatic carbocycles. The van der Waals surface area contributed by atoms with Gasteiger partial charge in [-0.25, -0.2) is 4.79 Å². The number of nitrogens with zero attached hydrogens (tertiary/aromatic N) is 2. The molecule has 1 aromatic carbocycles. The van der Waals surface area contributed by atoms with Gasteiger partial charge in [-0.3, -0.25) is 19.4 Å². The molecule has 6 nitrogen and oxygen atoms in total. The summed E-state index contributed by atoms with van der Waals surface area (Å²) >= 11 is 0. The number of ketones is 1. The number of Topliss-reactive ketones (excluding diaryl/α,β-unsaturated/α-hetero) is 1. The minimum atomic E-state index is -1.51. The molecule has 6 heteroatoms. The molecule has 2 aliphatic heterocycles. The number of carbonyl (C=O) groups excluding carboxylic acids is 3. The number of carbonyl (C=O) groups is 3. The zero-order chi connectivity index (χ0) is 20.0. The molecular formula is C23H28N2O4. The van der Waals surface area contributed by atoms with E-state index >= 15 is 0 Å². The van der Waals surface area contributed by atoms with Crippen molar-refractivity contribution >= 4 is 17.7 Å². The number of rotatable bonds is 2. The second kappa shape index (κ2) is 7.15. The molecule has 1 atom stereocenters. The van der Waals surface area contributed by atoms with E-state index in [0.29, 0.717) is 11.3 Å². The lowest BCUT2D eigenvalue weighted by atomic mass is 9.89. The first-order valence-corrected chi connectivity index (χ1v) is 11.1. The summed E-state index contributed by atoms with van der Waals surface area (Å²) in [6.07, 6.45) is 9.74. The van der Waals surface area contributed by atoms with Gasteiger partial charge in [-0.05, 0) is 37.8 Å². The van der Waals surface area contributed by atoms with Crippen molar-refractivity contribution in [2.45, 2.75) is 88.4 Å². The summed E-state index contributed by atoms with van der Waals surface area (Å²) in [6.45, 7) is 0. The molecule has 1 saturated heterocycles. The average molecular weight is 396 g/mol. The van der Waals surface area contributed by atoms with Crippen molar-refractivity contribution in [2.24, 2.45) is 0 Å². The minimum Gasteiger partial charge on any atom is -0.457 e. The Hall–Kier alpha value is -2.37. The molecule has 29 heavy (non-hydrogen) atoms. The van der Waals surface area contributed by atoms with Gasteiger partial charge in [0.1, 0.15) is 5.75 Å². The molecular weight excluding hydrogens is 368 g/mol. The number of amides is 3. The highest BCUT2D eigenvalue weighted by Crippen LogP contribution is 2.45. The highest BCUT2D eigenvalue weighted by Gasteiger charge is 2.65.